The molecule has 20 heavy (non-hydrogen) atoms. The van der Waals surface area contributed by atoms with Crippen LogP contribution in [0.25, 0.3) is 0 Å². The number of aromatic nitrogens is 2. The molecule has 1 heterocycles. The normalized spacial score (nSPS) is 13.1. The third kappa shape index (κ3) is 5.84. The highest BCUT2D eigenvalue weighted by Gasteiger charge is 2.09. The molecule has 1 aromatic rings. The summed E-state index contributed by atoms with van der Waals surface area (Å²) in [5, 5.41) is 8.19. The fourth-order valence-electron chi connectivity index (χ4n) is 2.65. The van der Waals surface area contributed by atoms with Crippen LogP contribution in [0.3, 0.4) is 0 Å². The Hall–Kier alpha value is -0.540. The predicted octanol–water partition coefficient (Wildman–Crippen LogP) is 4.38. The van der Waals surface area contributed by atoms with Crippen LogP contribution in [0.4, 0.5) is 0 Å². The molecular weight excluding hydrogens is 270 g/mol. The molecule has 0 spiro atoms. The van der Waals surface area contributed by atoms with Gasteiger partial charge in [0, 0.05) is 18.6 Å². The van der Waals surface area contributed by atoms with E-state index in [1.165, 1.54) is 12.8 Å². The summed E-state index contributed by atoms with van der Waals surface area (Å²) < 4.78 is 2.11. The molecule has 0 aliphatic carbocycles. The zero-order chi connectivity index (χ0) is 14.8. The topological polar surface area (TPSA) is 29.9 Å². The van der Waals surface area contributed by atoms with E-state index >= 15 is 0 Å². The second-order valence-corrected chi connectivity index (χ2v) is 5.90. The van der Waals surface area contributed by atoms with E-state index in [0.717, 1.165) is 43.9 Å². The number of hydrogen-bond acceptors (Lipinski definition) is 2. The van der Waals surface area contributed by atoms with Crippen LogP contribution in [0.15, 0.2) is 12.3 Å². The van der Waals surface area contributed by atoms with Gasteiger partial charge >= 0.3 is 0 Å². The second-order valence-electron chi connectivity index (χ2n) is 5.52. The van der Waals surface area contributed by atoms with Gasteiger partial charge in [0.15, 0.2) is 0 Å². The molecule has 1 aromatic heterocycles. The van der Waals surface area contributed by atoms with E-state index in [1.54, 1.807) is 0 Å². The summed E-state index contributed by atoms with van der Waals surface area (Å²) in [5.41, 5.74) is 1.14. The molecule has 3 nitrogen and oxygen atoms in total. The standard InChI is InChI=1S/C16H30ClN3/c1-4-7-14(8-10-17)12-18-13-15-9-11-20(19-15)16(5-2)6-3/h9,11,14,16,18H,4-8,10,12-13H2,1-3H3. The Morgan fingerprint density at radius 1 is 1.25 bits per heavy atom. The Balaban J connectivity index is 2.37. The monoisotopic (exact) mass is 299 g/mol. The van der Waals surface area contributed by atoms with Gasteiger partial charge in [-0.1, -0.05) is 27.2 Å². The van der Waals surface area contributed by atoms with Crippen molar-refractivity contribution in [3.05, 3.63) is 18.0 Å². The van der Waals surface area contributed by atoms with Gasteiger partial charge in [-0.05, 0) is 44.2 Å². The number of nitrogens with zero attached hydrogens (tertiary/aromatic N) is 2. The molecule has 4 heteroatoms. The number of nitrogens with one attached hydrogen (secondary N) is 1. The van der Waals surface area contributed by atoms with Crippen molar-refractivity contribution in [3.63, 3.8) is 0 Å². The van der Waals surface area contributed by atoms with Crippen molar-refractivity contribution in [1.29, 1.82) is 0 Å². The molecule has 0 radical (unpaired) electrons. The maximum Gasteiger partial charge on any atom is 0.0762 e. The van der Waals surface area contributed by atoms with E-state index in [-0.39, 0.29) is 0 Å². The van der Waals surface area contributed by atoms with Crippen LogP contribution in [-0.2, 0) is 6.54 Å². The Labute approximate surface area is 129 Å². The Morgan fingerprint density at radius 3 is 2.60 bits per heavy atom. The molecular formula is C16H30ClN3. The molecule has 0 bridgehead atoms. The summed E-state index contributed by atoms with van der Waals surface area (Å²) >= 11 is 5.85. The van der Waals surface area contributed by atoms with Gasteiger partial charge in [0.2, 0.25) is 0 Å². The van der Waals surface area contributed by atoms with Crippen LogP contribution in [0, 0.1) is 5.92 Å². The molecule has 1 N–H and O–H groups in total. The Morgan fingerprint density at radius 2 is 2.00 bits per heavy atom. The smallest absolute Gasteiger partial charge is 0.0762 e. The number of halogens is 1. The summed E-state index contributed by atoms with van der Waals surface area (Å²) in [5.74, 6) is 1.45. The molecule has 0 saturated carbocycles. The number of rotatable bonds is 11. The van der Waals surface area contributed by atoms with Crippen LogP contribution in [-0.4, -0.2) is 22.2 Å². The van der Waals surface area contributed by atoms with Crippen LogP contribution >= 0.6 is 11.6 Å². The van der Waals surface area contributed by atoms with Crippen molar-refractivity contribution in [2.75, 3.05) is 12.4 Å². The summed E-state index contributed by atoms with van der Waals surface area (Å²) in [4.78, 5) is 0. The predicted molar refractivity (Wildman–Crippen MR) is 87.3 cm³/mol. The highest BCUT2D eigenvalue weighted by molar-refractivity contribution is 6.17. The van der Waals surface area contributed by atoms with Crippen LogP contribution < -0.4 is 5.32 Å². The molecule has 0 amide bonds. The molecule has 0 saturated heterocycles. The average molecular weight is 300 g/mol. The first kappa shape index (κ1) is 17.5. The van der Waals surface area contributed by atoms with Crippen molar-refractivity contribution in [2.24, 2.45) is 5.92 Å². The lowest BCUT2D eigenvalue weighted by Gasteiger charge is -2.15. The summed E-state index contributed by atoms with van der Waals surface area (Å²) in [6.45, 7) is 8.57. The minimum atomic E-state index is 0.535. The summed E-state index contributed by atoms with van der Waals surface area (Å²) in [6.07, 6.45) is 7.97. The zero-order valence-electron chi connectivity index (χ0n) is 13.2. The van der Waals surface area contributed by atoms with E-state index in [1.807, 2.05) is 0 Å². The molecule has 0 aromatic carbocycles. The quantitative estimate of drug-likeness (QED) is 0.615. The van der Waals surface area contributed by atoms with Crippen molar-refractivity contribution < 1.29 is 0 Å². The maximum absolute atomic E-state index is 5.85. The van der Waals surface area contributed by atoms with Crippen LogP contribution in [0.1, 0.15) is 64.6 Å². The van der Waals surface area contributed by atoms with Crippen molar-refractivity contribution in [1.82, 2.24) is 15.1 Å². The number of hydrogen-bond donors (Lipinski definition) is 1. The van der Waals surface area contributed by atoms with E-state index in [4.69, 9.17) is 11.6 Å². The van der Waals surface area contributed by atoms with Crippen molar-refractivity contribution >= 4 is 11.6 Å². The first-order valence-electron chi connectivity index (χ1n) is 8.05. The van der Waals surface area contributed by atoms with E-state index in [0.29, 0.717) is 12.0 Å². The second kappa shape index (κ2) is 10.2. The lowest BCUT2D eigenvalue weighted by atomic mass is 10.0. The van der Waals surface area contributed by atoms with Gasteiger partial charge in [0.05, 0.1) is 11.7 Å². The highest BCUT2D eigenvalue weighted by atomic mass is 35.5. The first-order valence-corrected chi connectivity index (χ1v) is 8.59. The SMILES string of the molecule is CCCC(CCCl)CNCc1ccn(C(CC)CC)n1. The Kier molecular flexibility index (Phi) is 8.95. The van der Waals surface area contributed by atoms with Gasteiger partial charge in [-0.2, -0.15) is 5.10 Å². The van der Waals surface area contributed by atoms with Gasteiger partial charge < -0.3 is 5.32 Å². The minimum absolute atomic E-state index is 0.535. The van der Waals surface area contributed by atoms with Gasteiger partial charge in [0.1, 0.15) is 0 Å². The molecule has 1 unspecified atom stereocenters. The lowest BCUT2D eigenvalue weighted by Crippen LogP contribution is -2.23. The average Bonchev–Trinajstić information content (AvgIpc) is 2.89. The fourth-order valence-corrected chi connectivity index (χ4v) is 2.96. The number of alkyl halides is 1. The lowest BCUT2D eigenvalue weighted by molar-refractivity contribution is 0.414. The van der Waals surface area contributed by atoms with Crippen LogP contribution in [0.5, 0.6) is 0 Å². The highest BCUT2D eigenvalue weighted by Crippen LogP contribution is 2.15. The molecule has 0 aliphatic rings. The summed E-state index contributed by atoms with van der Waals surface area (Å²) in [6, 6.07) is 2.66. The van der Waals surface area contributed by atoms with Crippen molar-refractivity contribution in [2.45, 2.75) is 65.5 Å². The third-order valence-corrected chi connectivity index (χ3v) is 4.15. The fraction of sp³-hybridized carbons (Fsp3) is 0.812. The third-order valence-electron chi connectivity index (χ3n) is 3.93. The summed E-state index contributed by atoms with van der Waals surface area (Å²) in [7, 11) is 0. The van der Waals surface area contributed by atoms with Gasteiger partial charge in [0.25, 0.3) is 0 Å². The van der Waals surface area contributed by atoms with Crippen molar-refractivity contribution in [3.8, 4) is 0 Å². The molecule has 1 rings (SSSR count). The zero-order valence-corrected chi connectivity index (χ0v) is 14.0. The molecule has 116 valence electrons. The van der Waals surface area contributed by atoms with Gasteiger partial charge in [-0.25, -0.2) is 0 Å². The molecule has 1 atom stereocenters. The largest absolute Gasteiger partial charge is 0.311 e. The minimum Gasteiger partial charge on any atom is -0.311 e. The van der Waals surface area contributed by atoms with E-state index < -0.39 is 0 Å². The van der Waals surface area contributed by atoms with Gasteiger partial charge in [-0.3, -0.25) is 4.68 Å². The van der Waals surface area contributed by atoms with Gasteiger partial charge in [-0.15, -0.1) is 11.6 Å². The Bertz CT molecular complexity index is 341. The first-order chi connectivity index (χ1) is 9.74. The van der Waals surface area contributed by atoms with E-state index in [9.17, 15) is 0 Å². The van der Waals surface area contributed by atoms with Crippen LogP contribution in [0.2, 0.25) is 0 Å². The molecule has 0 aliphatic heterocycles. The van der Waals surface area contributed by atoms with E-state index in [2.05, 4.69) is 48.1 Å². The molecule has 0 fully saturated rings. The maximum atomic E-state index is 5.85.